The molecular weight excluding hydrogens is 299 g/mol. The summed E-state index contributed by atoms with van der Waals surface area (Å²) in [5.41, 5.74) is 0.394. The van der Waals surface area contributed by atoms with Crippen LogP contribution in [0.3, 0.4) is 0 Å². The molecule has 0 bridgehead atoms. The van der Waals surface area contributed by atoms with Gasteiger partial charge in [0.1, 0.15) is 11.6 Å². The zero-order valence-corrected chi connectivity index (χ0v) is 11.9. The molecule has 2 aromatic rings. The lowest BCUT2D eigenvalue weighted by molar-refractivity contribution is -0.385. The van der Waals surface area contributed by atoms with E-state index in [0.29, 0.717) is 12.1 Å². The van der Waals surface area contributed by atoms with Crippen molar-refractivity contribution in [3.8, 4) is 11.5 Å². The van der Waals surface area contributed by atoms with Gasteiger partial charge in [-0.1, -0.05) is 11.6 Å². The van der Waals surface area contributed by atoms with Gasteiger partial charge in [0.05, 0.1) is 4.92 Å². The van der Waals surface area contributed by atoms with E-state index in [1.54, 1.807) is 13.1 Å². The van der Waals surface area contributed by atoms with Crippen LogP contribution < -0.4 is 10.1 Å². The number of nitrogens with one attached hydrogen (secondary N) is 1. The third-order valence-electron chi connectivity index (χ3n) is 2.66. The normalized spacial score (nSPS) is 10.4. The standard InChI is InChI=1S/C14H12ClFN2O3/c1-17-8-9-4-11(16)7-12(5-9)21-14-3-2-10(15)6-13(14)18(19)20/h2-7,17H,8H2,1H3. The highest BCUT2D eigenvalue weighted by atomic mass is 35.5. The van der Waals surface area contributed by atoms with E-state index >= 15 is 0 Å². The van der Waals surface area contributed by atoms with Gasteiger partial charge in [-0.15, -0.1) is 0 Å². The Bertz CT molecular complexity index is 679. The summed E-state index contributed by atoms with van der Waals surface area (Å²) in [5.74, 6) is -0.287. The van der Waals surface area contributed by atoms with E-state index in [1.807, 2.05) is 0 Å². The van der Waals surface area contributed by atoms with Crippen LogP contribution in [-0.2, 0) is 6.54 Å². The molecule has 2 aromatic carbocycles. The molecule has 5 nitrogen and oxygen atoms in total. The van der Waals surface area contributed by atoms with Crippen LogP contribution in [0.5, 0.6) is 11.5 Å². The fourth-order valence-electron chi connectivity index (χ4n) is 1.83. The number of halogens is 2. The van der Waals surface area contributed by atoms with Crippen LogP contribution in [0.1, 0.15) is 5.56 Å². The topological polar surface area (TPSA) is 64.4 Å². The average molecular weight is 311 g/mol. The molecule has 0 saturated carbocycles. The first-order valence-corrected chi connectivity index (χ1v) is 6.43. The lowest BCUT2D eigenvalue weighted by atomic mass is 10.2. The Labute approximate surface area is 125 Å². The summed E-state index contributed by atoms with van der Waals surface area (Å²) in [6, 6.07) is 8.17. The first-order valence-electron chi connectivity index (χ1n) is 6.05. The second-order valence-corrected chi connectivity index (χ2v) is 4.73. The van der Waals surface area contributed by atoms with E-state index in [1.165, 1.54) is 24.3 Å². The summed E-state index contributed by atoms with van der Waals surface area (Å²) < 4.78 is 18.9. The van der Waals surface area contributed by atoms with Crippen molar-refractivity contribution in [2.75, 3.05) is 7.05 Å². The van der Waals surface area contributed by atoms with Gasteiger partial charge in [0, 0.05) is 23.7 Å². The third-order valence-corrected chi connectivity index (χ3v) is 2.89. The molecule has 0 spiro atoms. The van der Waals surface area contributed by atoms with Crippen LogP contribution in [-0.4, -0.2) is 12.0 Å². The van der Waals surface area contributed by atoms with Gasteiger partial charge < -0.3 is 10.1 Å². The van der Waals surface area contributed by atoms with Crippen molar-refractivity contribution in [2.45, 2.75) is 6.54 Å². The Morgan fingerprint density at radius 1 is 1.33 bits per heavy atom. The molecule has 0 aliphatic carbocycles. The Kier molecular flexibility index (Phi) is 4.72. The SMILES string of the molecule is CNCc1cc(F)cc(Oc2ccc(Cl)cc2[N+](=O)[O-])c1. The summed E-state index contributed by atoms with van der Waals surface area (Å²) in [4.78, 5) is 10.4. The van der Waals surface area contributed by atoms with E-state index < -0.39 is 10.7 Å². The molecule has 0 amide bonds. The molecule has 0 aliphatic heterocycles. The Hall–Kier alpha value is -2.18. The maximum Gasteiger partial charge on any atom is 0.313 e. The third kappa shape index (κ3) is 3.90. The molecule has 2 rings (SSSR count). The maximum atomic E-state index is 13.5. The minimum absolute atomic E-state index is 0.00501. The summed E-state index contributed by atoms with van der Waals surface area (Å²) >= 11 is 5.73. The minimum Gasteiger partial charge on any atom is -0.450 e. The second-order valence-electron chi connectivity index (χ2n) is 4.30. The molecule has 0 unspecified atom stereocenters. The van der Waals surface area contributed by atoms with Crippen LogP contribution in [0.2, 0.25) is 5.02 Å². The lowest BCUT2D eigenvalue weighted by Gasteiger charge is -2.09. The van der Waals surface area contributed by atoms with Crippen LogP contribution in [0.15, 0.2) is 36.4 Å². The van der Waals surface area contributed by atoms with Crippen molar-refractivity contribution in [1.82, 2.24) is 5.32 Å². The van der Waals surface area contributed by atoms with E-state index in [-0.39, 0.29) is 22.2 Å². The number of hydrogen-bond acceptors (Lipinski definition) is 4. The monoisotopic (exact) mass is 310 g/mol. The largest absolute Gasteiger partial charge is 0.450 e. The van der Waals surface area contributed by atoms with Gasteiger partial charge in [-0.2, -0.15) is 0 Å². The quantitative estimate of drug-likeness (QED) is 0.672. The number of ether oxygens (including phenoxy) is 1. The highest BCUT2D eigenvalue weighted by Gasteiger charge is 2.17. The minimum atomic E-state index is -0.602. The molecule has 1 N–H and O–H groups in total. The number of nitro benzene ring substituents is 1. The molecule has 0 aliphatic rings. The molecule has 0 radical (unpaired) electrons. The van der Waals surface area contributed by atoms with Gasteiger partial charge in [-0.25, -0.2) is 4.39 Å². The maximum absolute atomic E-state index is 13.5. The predicted octanol–water partition coefficient (Wildman–Crippen LogP) is 3.90. The molecular formula is C14H12ClFN2O3. The number of rotatable bonds is 5. The second kappa shape index (κ2) is 6.51. The van der Waals surface area contributed by atoms with Crippen molar-refractivity contribution in [3.63, 3.8) is 0 Å². The number of nitrogens with zero attached hydrogens (tertiary/aromatic N) is 1. The zero-order valence-electron chi connectivity index (χ0n) is 11.1. The highest BCUT2D eigenvalue weighted by molar-refractivity contribution is 6.30. The molecule has 7 heteroatoms. The Morgan fingerprint density at radius 2 is 2.10 bits per heavy atom. The van der Waals surface area contributed by atoms with Crippen molar-refractivity contribution < 1.29 is 14.1 Å². The number of nitro groups is 1. The molecule has 110 valence electrons. The first kappa shape index (κ1) is 15.2. The van der Waals surface area contributed by atoms with Gasteiger partial charge in [0.15, 0.2) is 0 Å². The van der Waals surface area contributed by atoms with Crippen LogP contribution >= 0.6 is 11.6 Å². The van der Waals surface area contributed by atoms with E-state index in [0.717, 1.165) is 6.07 Å². The van der Waals surface area contributed by atoms with Crippen LogP contribution in [0.4, 0.5) is 10.1 Å². The smallest absolute Gasteiger partial charge is 0.313 e. The number of benzene rings is 2. The van der Waals surface area contributed by atoms with Gasteiger partial charge >= 0.3 is 5.69 Å². The molecule has 0 atom stereocenters. The lowest BCUT2D eigenvalue weighted by Crippen LogP contribution is -2.05. The molecule has 21 heavy (non-hydrogen) atoms. The molecule has 0 fully saturated rings. The summed E-state index contributed by atoms with van der Waals surface area (Å²) in [7, 11) is 1.73. The first-order chi connectivity index (χ1) is 9.99. The van der Waals surface area contributed by atoms with Crippen molar-refractivity contribution >= 4 is 17.3 Å². The molecule has 0 saturated heterocycles. The Morgan fingerprint density at radius 3 is 2.76 bits per heavy atom. The van der Waals surface area contributed by atoms with E-state index in [9.17, 15) is 14.5 Å². The average Bonchev–Trinajstić information content (AvgIpc) is 2.40. The molecule has 0 aromatic heterocycles. The van der Waals surface area contributed by atoms with Crippen molar-refractivity contribution in [3.05, 3.63) is 62.9 Å². The number of hydrogen-bond donors (Lipinski definition) is 1. The van der Waals surface area contributed by atoms with Gasteiger partial charge in [-0.3, -0.25) is 10.1 Å². The van der Waals surface area contributed by atoms with Gasteiger partial charge in [0.25, 0.3) is 0 Å². The Balaban J connectivity index is 2.36. The van der Waals surface area contributed by atoms with Crippen LogP contribution in [0.25, 0.3) is 0 Å². The van der Waals surface area contributed by atoms with Gasteiger partial charge in [-0.05, 0) is 36.9 Å². The highest BCUT2D eigenvalue weighted by Crippen LogP contribution is 2.34. The van der Waals surface area contributed by atoms with Crippen molar-refractivity contribution in [1.29, 1.82) is 0 Å². The van der Waals surface area contributed by atoms with Crippen molar-refractivity contribution in [2.24, 2.45) is 0 Å². The molecule has 0 heterocycles. The van der Waals surface area contributed by atoms with E-state index in [2.05, 4.69) is 5.32 Å². The zero-order chi connectivity index (χ0) is 15.4. The van der Waals surface area contributed by atoms with E-state index in [4.69, 9.17) is 16.3 Å². The predicted molar refractivity (Wildman–Crippen MR) is 77.3 cm³/mol. The summed E-state index contributed by atoms with van der Waals surface area (Å²) in [6.45, 7) is 0.455. The summed E-state index contributed by atoms with van der Waals surface area (Å²) in [6.07, 6.45) is 0. The van der Waals surface area contributed by atoms with Crippen LogP contribution in [0, 0.1) is 15.9 Å². The fraction of sp³-hybridized carbons (Fsp3) is 0.143. The van der Waals surface area contributed by atoms with Gasteiger partial charge in [0.2, 0.25) is 5.75 Å². The fourth-order valence-corrected chi connectivity index (χ4v) is 2.00. The summed E-state index contributed by atoms with van der Waals surface area (Å²) in [5, 5.41) is 14.1.